The zero-order valence-electron chi connectivity index (χ0n) is 9.59. The molecule has 13 heteroatoms. The van der Waals surface area contributed by atoms with E-state index < -0.39 is 50.2 Å². The fourth-order valence-corrected chi connectivity index (χ4v) is 2.23. The molecule has 0 aromatic carbocycles. The molecule has 0 spiro atoms. The van der Waals surface area contributed by atoms with Crippen LogP contribution in [0.15, 0.2) is 11.0 Å². The minimum atomic E-state index is -5.58. The maximum Gasteiger partial charge on any atom is 0.573 e. The molecular weight excluding hydrogens is 354 g/mol. The van der Waals surface area contributed by atoms with Crippen LogP contribution >= 0.6 is 10.7 Å². The second kappa shape index (κ2) is 5.50. The molecule has 1 heterocycles. The van der Waals surface area contributed by atoms with E-state index in [1.54, 1.807) is 0 Å². The van der Waals surface area contributed by atoms with Crippen LogP contribution in [0.5, 0.6) is 5.75 Å². The molecular formula is C8H5ClF6N2O3S. The van der Waals surface area contributed by atoms with Crippen LogP contribution in [0.25, 0.3) is 0 Å². The minimum Gasteiger partial charge on any atom is -0.402 e. The zero-order chi connectivity index (χ0) is 16.6. The molecule has 0 saturated heterocycles. The Kier molecular flexibility index (Phi) is 4.65. The normalized spacial score (nSPS) is 13.3. The number of rotatable bonds is 3. The van der Waals surface area contributed by atoms with Gasteiger partial charge < -0.3 is 10.5 Å². The van der Waals surface area contributed by atoms with Gasteiger partial charge in [-0.1, -0.05) is 0 Å². The number of hydrogen-bond acceptors (Lipinski definition) is 5. The standard InChI is InChI=1S/C8H5ClF6N2O3S/c9-21(18,19)4-1-3(2-16)17-6(7(10,11)12)5(4)20-8(13,14)15/h1H,2,16H2. The van der Waals surface area contributed by atoms with E-state index in [9.17, 15) is 34.8 Å². The highest BCUT2D eigenvalue weighted by molar-refractivity contribution is 8.13. The smallest absolute Gasteiger partial charge is 0.402 e. The summed E-state index contributed by atoms with van der Waals surface area (Å²) in [5.41, 5.74) is 2.20. The van der Waals surface area contributed by atoms with Crippen LogP contribution in [0.3, 0.4) is 0 Å². The number of aromatic nitrogens is 1. The number of ether oxygens (including phenoxy) is 1. The van der Waals surface area contributed by atoms with Crippen LogP contribution in [0.4, 0.5) is 26.3 Å². The first-order valence-electron chi connectivity index (χ1n) is 4.77. The molecule has 1 aromatic heterocycles. The van der Waals surface area contributed by atoms with Gasteiger partial charge in [0.15, 0.2) is 11.4 Å². The number of nitrogens with two attached hydrogens (primary N) is 1. The summed E-state index contributed by atoms with van der Waals surface area (Å²) in [7, 11) is -0.137. The number of nitrogens with zero attached hydrogens (tertiary/aromatic N) is 1. The highest BCUT2D eigenvalue weighted by Gasteiger charge is 2.44. The van der Waals surface area contributed by atoms with Gasteiger partial charge in [0.25, 0.3) is 9.05 Å². The molecule has 1 aromatic rings. The molecule has 0 aliphatic rings. The average molecular weight is 359 g/mol. The van der Waals surface area contributed by atoms with Gasteiger partial charge in [0, 0.05) is 17.2 Å². The number of halogens is 7. The lowest BCUT2D eigenvalue weighted by molar-refractivity contribution is -0.277. The number of hydrogen-bond donors (Lipinski definition) is 1. The first kappa shape index (κ1) is 17.8. The Bertz CT molecular complexity index is 643. The van der Waals surface area contributed by atoms with E-state index in [-0.39, 0.29) is 0 Å². The van der Waals surface area contributed by atoms with Gasteiger partial charge in [0.05, 0.1) is 5.69 Å². The molecule has 2 N–H and O–H groups in total. The first-order valence-corrected chi connectivity index (χ1v) is 7.08. The lowest BCUT2D eigenvalue weighted by Crippen LogP contribution is -2.23. The van der Waals surface area contributed by atoms with Crippen molar-refractivity contribution in [2.75, 3.05) is 0 Å². The van der Waals surface area contributed by atoms with E-state index in [0.29, 0.717) is 6.07 Å². The quantitative estimate of drug-likeness (QED) is 0.662. The largest absolute Gasteiger partial charge is 0.573 e. The monoisotopic (exact) mass is 358 g/mol. The summed E-state index contributed by atoms with van der Waals surface area (Å²) in [6, 6.07) is 0.374. The number of pyridine rings is 1. The van der Waals surface area contributed by atoms with Crippen molar-refractivity contribution < 1.29 is 39.5 Å². The van der Waals surface area contributed by atoms with E-state index >= 15 is 0 Å². The maximum atomic E-state index is 12.7. The Morgan fingerprint density at radius 1 is 1.24 bits per heavy atom. The van der Waals surface area contributed by atoms with Gasteiger partial charge in [-0.15, -0.1) is 13.2 Å². The van der Waals surface area contributed by atoms with Crippen molar-refractivity contribution in [3.63, 3.8) is 0 Å². The summed E-state index contributed by atoms with van der Waals surface area (Å²) in [6.45, 7) is -0.658. The van der Waals surface area contributed by atoms with Crippen molar-refractivity contribution >= 4 is 19.7 Å². The van der Waals surface area contributed by atoms with Gasteiger partial charge in [0.1, 0.15) is 4.90 Å². The lowest BCUT2D eigenvalue weighted by Gasteiger charge is -2.17. The molecule has 1 rings (SSSR count). The summed E-state index contributed by atoms with van der Waals surface area (Å²) in [5, 5.41) is 0. The Balaban J connectivity index is 3.76. The van der Waals surface area contributed by atoms with Crippen LogP contribution < -0.4 is 10.5 Å². The molecule has 5 nitrogen and oxygen atoms in total. The van der Waals surface area contributed by atoms with Gasteiger partial charge in [-0.3, -0.25) is 0 Å². The Morgan fingerprint density at radius 3 is 2.10 bits per heavy atom. The molecule has 120 valence electrons. The van der Waals surface area contributed by atoms with E-state index in [1.807, 2.05) is 0 Å². The number of alkyl halides is 6. The SMILES string of the molecule is NCc1cc(S(=O)(=O)Cl)c(OC(F)(F)F)c(C(F)(F)F)n1. The van der Waals surface area contributed by atoms with Gasteiger partial charge >= 0.3 is 12.5 Å². The van der Waals surface area contributed by atoms with E-state index in [1.165, 1.54) is 0 Å². The molecule has 0 aliphatic heterocycles. The highest BCUT2D eigenvalue weighted by Crippen LogP contribution is 2.42. The molecule has 0 saturated carbocycles. The predicted octanol–water partition coefficient (Wildman–Crippen LogP) is 2.39. The molecule has 0 atom stereocenters. The van der Waals surface area contributed by atoms with Crippen molar-refractivity contribution in [3.8, 4) is 5.75 Å². The third kappa shape index (κ3) is 4.61. The molecule has 0 unspecified atom stereocenters. The fourth-order valence-electron chi connectivity index (χ4n) is 1.25. The molecule has 0 radical (unpaired) electrons. The summed E-state index contributed by atoms with van der Waals surface area (Å²) in [6.07, 6.45) is -11.0. The Labute approximate surface area is 118 Å². The van der Waals surface area contributed by atoms with Crippen molar-refractivity contribution in [2.24, 2.45) is 5.73 Å². The Hall–Kier alpha value is -1.27. The van der Waals surface area contributed by atoms with Crippen molar-refractivity contribution in [3.05, 3.63) is 17.5 Å². The lowest BCUT2D eigenvalue weighted by atomic mass is 10.2. The summed E-state index contributed by atoms with van der Waals surface area (Å²) >= 11 is 0. The average Bonchev–Trinajstić information content (AvgIpc) is 2.23. The predicted molar refractivity (Wildman–Crippen MR) is 56.9 cm³/mol. The van der Waals surface area contributed by atoms with Crippen molar-refractivity contribution in [1.82, 2.24) is 4.98 Å². The van der Waals surface area contributed by atoms with Crippen LogP contribution in [-0.2, 0) is 21.8 Å². The molecule has 0 bridgehead atoms. The van der Waals surface area contributed by atoms with Crippen LogP contribution in [0.2, 0.25) is 0 Å². The summed E-state index contributed by atoms with van der Waals surface area (Å²) < 4.78 is 100. The highest BCUT2D eigenvalue weighted by atomic mass is 35.7. The van der Waals surface area contributed by atoms with Gasteiger partial charge in [0.2, 0.25) is 0 Å². The molecule has 0 amide bonds. The topological polar surface area (TPSA) is 82.3 Å². The maximum absolute atomic E-state index is 12.7. The molecule has 0 aliphatic carbocycles. The van der Waals surface area contributed by atoms with Crippen molar-refractivity contribution in [1.29, 1.82) is 0 Å². The van der Waals surface area contributed by atoms with Gasteiger partial charge in [-0.25, -0.2) is 13.4 Å². The minimum absolute atomic E-state index is 0.374. The zero-order valence-corrected chi connectivity index (χ0v) is 11.2. The molecule has 0 fully saturated rings. The second-order valence-corrected chi connectivity index (χ2v) is 6.01. The molecule has 21 heavy (non-hydrogen) atoms. The van der Waals surface area contributed by atoms with E-state index in [4.69, 9.17) is 16.4 Å². The summed E-state index contributed by atoms with van der Waals surface area (Å²) in [4.78, 5) is 1.30. The van der Waals surface area contributed by atoms with Crippen LogP contribution in [0, 0.1) is 0 Å². The van der Waals surface area contributed by atoms with E-state index in [0.717, 1.165) is 0 Å². The van der Waals surface area contributed by atoms with E-state index in [2.05, 4.69) is 9.72 Å². The van der Waals surface area contributed by atoms with Gasteiger partial charge in [-0.05, 0) is 6.07 Å². The van der Waals surface area contributed by atoms with Crippen LogP contribution in [-0.4, -0.2) is 19.8 Å². The van der Waals surface area contributed by atoms with Crippen molar-refractivity contribution in [2.45, 2.75) is 24.0 Å². The first-order chi connectivity index (χ1) is 9.25. The summed E-state index contributed by atoms with van der Waals surface area (Å²) in [5.74, 6) is -2.05. The Morgan fingerprint density at radius 2 is 1.76 bits per heavy atom. The third-order valence-corrected chi connectivity index (χ3v) is 3.28. The second-order valence-electron chi connectivity index (χ2n) is 3.48. The third-order valence-electron chi connectivity index (χ3n) is 1.95. The van der Waals surface area contributed by atoms with Gasteiger partial charge in [-0.2, -0.15) is 13.2 Å². The van der Waals surface area contributed by atoms with Crippen LogP contribution in [0.1, 0.15) is 11.4 Å². The fraction of sp³-hybridized carbons (Fsp3) is 0.375.